The van der Waals surface area contributed by atoms with E-state index >= 15 is 0 Å². The number of methoxy groups -OCH3 is 1. The van der Waals surface area contributed by atoms with Crippen molar-refractivity contribution < 1.29 is 14.3 Å². The number of aromatic nitrogens is 4. The second-order valence-electron chi connectivity index (χ2n) is 5.14. The van der Waals surface area contributed by atoms with Gasteiger partial charge in [-0.05, 0) is 19.3 Å². The zero-order valence-electron chi connectivity index (χ0n) is 12.0. The second kappa shape index (κ2) is 5.76. The Balaban J connectivity index is 2.11. The van der Waals surface area contributed by atoms with E-state index in [4.69, 9.17) is 4.74 Å². The third-order valence-electron chi connectivity index (χ3n) is 3.66. The molecule has 1 unspecified atom stereocenters. The van der Waals surface area contributed by atoms with E-state index in [1.165, 1.54) is 11.8 Å². The summed E-state index contributed by atoms with van der Waals surface area (Å²) >= 11 is 0. The molecule has 1 fully saturated rings. The number of ether oxygens (including phenoxy) is 2. The highest BCUT2D eigenvalue weighted by Gasteiger charge is 2.23. The van der Waals surface area contributed by atoms with Crippen molar-refractivity contribution in [2.45, 2.75) is 31.9 Å². The van der Waals surface area contributed by atoms with Crippen molar-refractivity contribution in [2.75, 3.05) is 13.7 Å². The lowest BCUT2D eigenvalue weighted by atomic mass is 10.1. The number of carbonyl (C=O) groups is 1. The average Bonchev–Trinajstić information content (AvgIpc) is 2.86. The van der Waals surface area contributed by atoms with Crippen LogP contribution in [0.3, 0.4) is 0 Å². The highest BCUT2D eigenvalue weighted by Crippen LogP contribution is 2.18. The first-order valence-electron chi connectivity index (χ1n) is 7.03. The molecule has 0 bridgehead atoms. The van der Waals surface area contributed by atoms with Gasteiger partial charge in [-0.15, -0.1) is 0 Å². The van der Waals surface area contributed by atoms with Crippen LogP contribution in [0.2, 0.25) is 0 Å². The number of carbonyl (C=O) groups excluding carboxylic acids is 1. The van der Waals surface area contributed by atoms with Crippen LogP contribution in [0, 0.1) is 0 Å². The van der Waals surface area contributed by atoms with Gasteiger partial charge in [0.1, 0.15) is 5.52 Å². The highest BCUT2D eigenvalue weighted by molar-refractivity contribution is 5.99. The number of H-pyrrole nitrogens is 2. The molecule has 9 heteroatoms. The van der Waals surface area contributed by atoms with Crippen molar-refractivity contribution >= 4 is 17.0 Å². The minimum absolute atomic E-state index is 0.0753. The van der Waals surface area contributed by atoms with E-state index in [9.17, 15) is 14.4 Å². The second-order valence-corrected chi connectivity index (χ2v) is 5.14. The smallest absolute Gasteiger partial charge is 0.360 e. The Morgan fingerprint density at radius 2 is 2.23 bits per heavy atom. The summed E-state index contributed by atoms with van der Waals surface area (Å²) in [4.78, 5) is 39.9. The molecule has 2 aromatic rings. The Kier molecular flexibility index (Phi) is 3.80. The Morgan fingerprint density at radius 3 is 2.91 bits per heavy atom. The van der Waals surface area contributed by atoms with Crippen LogP contribution in [0.5, 0.6) is 0 Å². The summed E-state index contributed by atoms with van der Waals surface area (Å²) in [5.74, 6) is -0.713. The van der Waals surface area contributed by atoms with Crippen molar-refractivity contribution in [2.24, 2.45) is 0 Å². The van der Waals surface area contributed by atoms with Crippen LogP contribution < -0.4 is 11.2 Å². The summed E-state index contributed by atoms with van der Waals surface area (Å²) in [7, 11) is 1.21. The third-order valence-corrected chi connectivity index (χ3v) is 3.66. The van der Waals surface area contributed by atoms with Crippen LogP contribution in [0.1, 0.15) is 29.8 Å². The van der Waals surface area contributed by atoms with Crippen molar-refractivity contribution in [1.29, 1.82) is 0 Å². The zero-order valence-corrected chi connectivity index (χ0v) is 12.0. The maximum absolute atomic E-state index is 12.1. The molecule has 0 aliphatic carbocycles. The number of rotatable bonds is 3. The molecule has 1 saturated heterocycles. The third kappa shape index (κ3) is 2.54. The van der Waals surface area contributed by atoms with E-state index in [1.54, 1.807) is 0 Å². The number of esters is 1. The lowest BCUT2D eigenvalue weighted by Crippen LogP contribution is -2.28. The van der Waals surface area contributed by atoms with Gasteiger partial charge in [-0.3, -0.25) is 14.5 Å². The van der Waals surface area contributed by atoms with Crippen molar-refractivity contribution in [1.82, 2.24) is 19.7 Å². The summed E-state index contributed by atoms with van der Waals surface area (Å²) in [5.41, 5.74) is -1.17. The number of fused-ring (bicyclic) bond motifs is 1. The zero-order chi connectivity index (χ0) is 15.7. The van der Waals surface area contributed by atoms with Crippen LogP contribution >= 0.6 is 0 Å². The molecule has 2 aromatic heterocycles. The van der Waals surface area contributed by atoms with Crippen LogP contribution in [0.4, 0.5) is 0 Å². The van der Waals surface area contributed by atoms with Crippen LogP contribution in [0.25, 0.3) is 11.0 Å². The molecule has 0 saturated carbocycles. The fourth-order valence-corrected chi connectivity index (χ4v) is 2.63. The normalized spacial score (nSPS) is 18.5. The van der Waals surface area contributed by atoms with Gasteiger partial charge in [-0.2, -0.15) is 5.10 Å². The van der Waals surface area contributed by atoms with Gasteiger partial charge >= 0.3 is 11.7 Å². The van der Waals surface area contributed by atoms with Crippen LogP contribution in [0.15, 0.2) is 9.59 Å². The first-order chi connectivity index (χ1) is 10.6. The van der Waals surface area contributed by atoms with Gasteiger partial charge in [0.15, 0.2) is 11.2 Å². The van der Waals surface area contributed by atoms with Gasteiger partial charge in [-0.1, -0.05) is 0 Å². The van der Waals surface area contributed by atoms with Crippen molar-refractivity contribution in [3.05, 3.63) is 26.5 Å². The SMILES string of the molecule is COC(=O)c1nn(CC2CCCCO2)c2c(=O)[nH]c(=O)[nH]c12. The summed E-state index contributed by atoms with van der Waals surface area (Å²) in [6.45, 7) is 1.00. The molecule has 1 atom stereocenters. The molecule has 1 aliphatic rings. The fraction of sp³-hybridized carbons (Fsp3) is 0.538. The minimum Gasteiger partial charge on any atom is -0.464 e. The van der Waals surface area contributed by atoms with Crippen LogP contribution in [-0.4, -0.2) is 45.5 Å². The Labute approximate surface area is 124 Å². The first kappa shape index (κ1) is 14.5. The van der Waals surface area contributed by atoms with Gasteiger partial charge in [0, 0.05) is 6.61 Å². The maximum Gasteiger partial charge on any atom is 0.360 e. The van der Waals surface area contributed by atoms with Gasteiger partial charge in [-0.25, -0.2) is 9.59 Å². The van der Waals surface area contributed by atoms with E-state index in [2.05, 4.69) is 19.8 Å². The number of hydrogen-bond donors (Lipinski definition) is 2. The predicted molar refractivity (Wildman–Crippen MR) is 75.9 cm³/mol. The van der Waals surface area contributed by atoms with Gasteiger partial charge in [0.25, 0.3) is 5.56 Å². The minimum atomic E-state index is -0.713. The first-order valence-corrected chi connectivity index (χ1v) is 7.03. The van der Waals surface area contributed by atoms with Gasteiger partial charge in [0.2, 0.25) is 0 Å². The number of nitrogens with zero attached hydrogens (tertiary/aromatic N) is 2. The standard InChI is InChI=1S/C13H16N4O5/c1-21-12(19)9-8-10(11(18)15-13(20)14-8)17(16-9)6-7-4-2-3-5-22-7/h7H,2-6H2,1H3,(H2,14,15,18,20). The number of nitrogens with one attached hydrogen (secondary N) is 2. The molecule has 118 valence electrons. The molecule has 3 rings (SSSR count). The topological polar surface area (TPSA) is 119 Å². The lowest BCUT2D eigenvalue weighted by molar-refractivity contribution is 0.00456. The molecule has 0 aromatic carbocycles. The number of hydrogen-bond acceptors (Lipinski definition) is 6. The Hall–Kier alpha value is -2.42. The fourth-order valence-electron chi connectivity index (χ4n) is 2.63. The van der Waals surface area contributed by atoms with E-state index in [0.29, 0.717) is 13.2 Å². The molecule has 0 amide bonds. The van der Waals surface area contributed by atoms with Crippen molar-refractivity contribution in [3.8, 4) is 0 Å². The molecular formula is C13H16N4O5. The molecule has 9 nitrogen and oxygen atoms in total. The van der Waals surface area contributed by atoms with E-state index in [0.717, 1.165) is 19.3 Å². The van der Waals surface area contributed by atoms with Crippen LogP contribution in [-0.2, 0) is 16.0 Å². The lowest BCUT2D eigenvalue weighted by Gasteiger charge is -2.22. The summed E-state index contributed by atoms with van der Waals surface area (Å²) in [6.07, 6.45) is 2.84. The van der Waals surface area contributed by atoms with E-state index in [1.807, 2.05) is 0 Å². The molecule has 22 heavy (non-hydrogen) atoms. The summed E-state index contributed by atoms with van der Waals surface area (Å²) < 4.78 is 11.7. The Morgan fingerprint density at radius 1 is 1.41 bits per heavy atom. The van der Waals surface area contributed by atoms with E-state index in [-0.39, 0.29) is 22.8 Å². The molecule has 3 heterocycles. The maximum atomic E-state index is 12.1. The molecule has 0 spiro atoms. The predicted octanol–water partition coefficient (Wildman–Crippen LogP) is -0.231. The molecule has 0 radical (unpaired) electrons. The van der Waals surface area contributed by atoms with E-state index < -0.39 is 17.2 Å². The summed E-state index contributed by atoms with van der Waals surface area (Å²) in [6, 6.07) is 0. The molecule has 2 N–H and O–H groups in total. The number of aromatic amines is 2. The Bertz CT molecular complexity index is 812. The van der Waals surface area contributed by atoms with Gasteiger partial charge in [0.05, 0.1) is 19.8 Å². The monoisotopic (exact) mass is 308 g/mol. The molecule has 1 aliphatic heterocycles. The largest absolute Gasteiger partial charge is 0.464 e. The highest BCUT2D eigenvalue weighted by atomic mass is 16.5. The average molecular weight is 308 g/mol. The quantitative estimate of drug-likeness (QED) is 0.756. The van der Waals surface area contributed by atoms with Crippen molar-refractivity contribution in [3.63, 3.8) is 0 Å². The van der Waals surface area contributed by atoms with Gasteiger partial charge < -0.3 is 14.5 Å². The summed E-state index contributed by atoms with van der Waals surface area (Å²) in [5, 5.41) is 4.13. The molecular weight excluding hydrogens is 292 g/mol.